The van der Waals surface area contributed by atoms with E-state index < -0.39 is 11.7 Å². The number of carbonyl (C=O) groups excluding carboxylic acids is 1. The SMILES string of the molecule is CC(C(=O)C1=CC(C)C(OCC(=O)O)(N2CCNCC2)C=C1)c1ccccc1. The van der Waals surface area contributed by atoms with Gasteiger partial charge in [-0.3, -0.25) is 9.69 Å². The number of ketones is 1. The number of carbonyl (C=O) groups is 2. The summed E-state index contributed by atoms with van der Waals surface area (Å²) in [5, 5.41) is 12.4. The summed E-state index contributed by atoms with van der Waals surface area (Å²) >= 11 is 0. The molecular formula is C22H28N2O4. The average molecular weight is 384 g/mol. The van der Waals surface area contributed by atoms with Crippen molar-refractivity contribution in [2.75, 3.05) is 32.8 Å². The standard InChI is InChI=1S/C22H28N2O4/c1-16-14-19(21(27)17(2)18-6-4-3-5-7-18)8-9-22(16,28-15-20(25)26)24-12-10-23-11-13-24/h3-9,14,16-17,23H,10-13,15H2,1-2H3,(H,25,26). The Morgan fingerprint density at radius 3 is 2.57 bits per heavy atom. The Kier molecular flexibility index (Phi) is 6.44. The number of carboxylic acid groups (broad SMARTS) is 1. The van der Waals surface area contributed by atoms with Crippen molar-refractivity contribution in [2.45, 2.75) is 25.5 Å². The Hall–Kier alpha value is -2.28. The summed E-state index contributed by atoms with van der Waals surface area (Å²) in [4.78, 5) is 26.3. The smallest absolute Gasteiger partial charge is 0.329 e. The first-order valence-corrected chi connectivity index (χ1v) is 9.76. The van der Waals surface area contributed by atoms with Gasteiger partial charge in [0, 0.05) is 43.6 Å². The predicted molar refractivity (Wildman–Crippen MR) is 107 cm³/mol. The molecule has 0 radical (unpaired) electrons. The fraction of sp³-hybridized carbons (Fsp3) is 0.455. The van der Waals surface area contributed by atoms with Gasteiger partial charge in [-0.25, -0.2) is 4.79 Å². The molecule has 28 heavy (non-hydrogen) atoms. The third-order valence-electron chi connectivity index (χ3n) is 5.60. The second-order valence-electron chi connectivity index (χ2n) is 7.41. The van der Waals surface area contributed by atoms with E-state index >= 15 is 0 Å². The van der Waals surface area contributed by atoms with Gasteiger partial charge in [0.1, 0.15) is 12.3 Å². The van der Waals surface area contributed by atoms with Gasteiger partial charge in [0.05, 0.1) is 0 Å². The number of hydrogen-bond acceptors (Lipinski definition) is 5. The number of rotatable bonds is 7. The Labute approximate surface area is 165 Å². The fourth-order valence-electron chi connectivity index (χ4n) is 3.97. The van der Waals surface area contributed by atoms with Crippen LogP contribution in [0, 0.1) is 5.92 Å². The van der Waals surface area contributed by atoms with Crippen LogP contribution in [-0.2, 0) is 14.3 Å². The molecule has 0 aromatic heterocycles. The van der Waals surface area contributed by atoms with Crippen molar-refractivity contribution in [3.05, 3.63) is 59.7 Å². The van der Waals surface area contributed by atoms with Crippen LogP contribution in [-0.4, -0.2) is 60.3 Å². The number of nitrogens with zero attached hydrogens (tertiary/aromatic N) is 1. The van der Waals surface area contributed by atoms with E-state index in [2.05, 4.69) is 10.2 Å². The molecule has 0 spiro atoms. The second-order valence-corrected chi connectivity index (χ2v) is 7.41. The minimum absolute atomic E-state index is 0.0569. The molecule has 6 nitrogen and oxygen atoms in total. The van der Waals surface area contributed by atoms with E-state index in [1.54, 1.807) is 6.08 Å². The number of aliphatic carboxylic acids is 1. The van der Waals surface area contributed by atoms with Crippen molar-refractivity contribution in [2.24, 2.45) is 5.92 Å². The van der Waals surface area contributed by atoms with Crippen LogP contribution >= 0.6 is 0 Å². The van der Waals surface area contributed by atoms with Crippen molar-refractivity contribution in [3.8, 4) is 0 Å². The minimum atomic E-state index is -1.00. The average Bonchev–Trinajstić information content (AvgIpc) is 2.73. The largest absolute Gasteiger partial charge is 0.480 e. The lowest BCUT2D eigenvalue weighted by Crippen LogP contribution is -2.60. The van der Waals surface area contributed by atoms with E-state index in [9.17, 15) is 9.59 Å². The highest BCUT2D eigenvalue weighted by molar-refractivity contribution is 6.02. The molecule has 1 aromatic rings. The molecule has 2 aliphatic rings. The molecule has 1 fully saturated rings. The van der Waals surface area contributed by atoms with E-state index in [-0.39, 0.29) is 24.2 Å². The highest BCUT2D eigenvalue weighted by Gasteiger charge is 2.43. The highest BCUT2D eigenvalue weighted by Crippen LogP contribution is 2.36. The number of nitrogens with one attached hydrogen (secondary N) is 1. The van der Waals surface area contributed by atoms with Gasteiger partial charge in [-0.05, 0) is 11.6 Å². The summed E-state index contributed by atoms with van der Waals surface area (Å²) < 4.78 is 5.91. The molecule has 1 aromatic carbocycles. The zero-order valence-corrected chi connectivity index (χ0v) is 16.4. The van der Waals surface area contributed by atoms with Gasteiger partial charge in [-0.1, -0.05) is 56.3 Å². The summed E-state index contributed by atoms with van der Waals surface area (Å²) in [6, 6.07) is 9.72. The maximum atomic E-state index is 13.0. The molecule has 3 atom stereocenters. The van der Waals surface area contributed by atoms with Gasteiger partial charge >= 0.3 is 5.97 Å². The molecule has 0 amide bonds. The molecule has 6 heteroatoms. The van der Waals surface area contributed by atoms with Crippen LogP contribution in [0.15, 0.2) is 54.1 Å². The topological polar surface area (TPSA) is 78.9 Å². The van der Waals surface area contributed by atoms with E-state index in [1.807, 2.05) is 56.3 Å². The maximum absolute atomic E-state index is 13.0. The maximum Gasteiger partial charge on any atom is 0.329 e. The Morgan fingerprint density at radius 1 is 1.29 bits per heavy atom. The van der Waals surface area contributed by atoms with Gasteiger partial charge in [-0.15, -0.1) is 0 Å². The Balaban J connectivity index is 1.83. The summed E-state index contributed by atoms with van der Waals surface area (Å²) in [5.74, 6) is -1.34. The number of carboxylic acids is 1. The third-order valence-corrected chi connectivity index (χ3v) is 5.60. The molecule has 150 valence electrons. The molecule has 1 saturated heterocycles. The summed E-state index contributed by atoms with van der Waals surface area (Å²) in [6.45, 7) is 6.66. The van der Waals surface area contributed by atoms with Crippen molar-refractivity contribution >= 4 is 11.8 Å². The first-order chi connectivity index (χ1) is 13.4. The Morgan fingerprint density at radius 2 is 1.96 bits per heavy atom. The minimum Gasteiger partial charge on any atom is -0.480 e. The zero-order chi connectivity index (χ0) is 20.1. The Bertz CT molecular complexity index is 768. The number of Topliss-reactive ketones (excluding diaryl/α,β-unsaturated/α-hetero) is 1. The van der Waals surface area contributed by atoms with E-state index in [0.717, 1.165) is 31.7 Å². The molecule has 0 bridgehead atoms. The molecule has 1 aliphatic heterocycles. The van der Waals surface area contributed by atoms with Gasteiger partial charge in [-0.2, -0.15) is 0 Å². The molecule has 3 unspecified atom stereocenters. The van der Waals surface area contributed by atoms with Crippen molar-refractivity contribution < 1.29 is 19.4 Å². The number of benzene rings is 1. The van der Waals surface area contributed by atoms with Gasteiger partial charge in [0.25, 0.3) is 0 Å². The molecular weight excluding hydrogens is 356 g/mol. The van der Waals surface area contributed by atoms with Gasteiger partial charge in [0.2, 0.25) is 0 Å². The highest BCUT2D eigenvalue weighted by atomic mass is 16.5. The first kappa shape index (κ1) is 20.5. The van der Waals surface area contributed by atoms with Gasteiger partial charge < -0.3 is 15.2 Å². The lowest BCUT2D eigenvalue weighted by molar-refractivity contribution is -0.172. The lowest BCUT2D eigenvalue weighted by atomic mass is 9.83. The quantitative estimate of drug-likeness (QED) is 0.750. The van der Waals surface area contributed by atoms with Crippen LogP contribution < -0.4 is 5.32 Å². The summed E-state index contributed by atoms with van der Waals surface area (Å²) in [7, 11) is 0. The van der Waals surface area contributed by atoms with E-state index in [0.29, 0.717) is 5.57 Å². The number of allylic oxidation sites excluding steroid dienone is 2. The summed E-state index contributed by atoms with van der Waals surface area (Å²) in [6.07, 6.45) is 5.59. The number of piperazine rings is 1. The van der Waals surface area contributed by atoms with Crippen LogP contribution in [0.2, 0.25) is 0 Å². The zero-order valence-electron chi connectivity index (χ0n) is 16.4. The van der Waals surface area contributed by atoms with Crippen molar-refractivity contribution in [3.63, 3.8) is 0 Å². The van der Waals surface area contributed by atoms with Crippen molar-refractivity contribution in [1.82, 2.24) is 10.2 Å². The molecule has 1 heterocycles. The summed E-state index contributed by atoms with van der Waals surface area (Å²) in [5.41, 5.74) is 0.782. The van der Waals surface area contributed by atoms with E-state index in [4.69, 9.17) is 9.84 Å². The second kappa shape index (κ2) is 8.82. The molecule has 3 rings (SSSR count). The van der Waals surface area contributed by atoms with Crippen molar-refractivity contribution in [1.29, 1.82) is 0 Å². The predicted octanol–water partition coefficient (Wildman–Crippen LogP) is 2.19. The first-order valence-electron chi connectivity index (χ1n) is 9.76. The third kappa shape index (κ3) is 4.24. The van der Waals surface area contributed by atoms with Crippen LogP contribution in [0.1, 0.15) is 25.3 Å². The van der Waals surface area contributed by atoms with Gasteiger partial charge in [0.15, 0.2) is 5.78 Å². The fourth-order valence-corrected chi connectivity index (χ4v) is 3.97. The number of hydrogen-bond donors (Lipinski definition) is 2. The molecule has 0 saturated carbocycles. The van der Waals surface area contributed by atoms with E-state index in [1.165, 1.54) is 0 Å². The van der Waals surface area contributed by atoms with Crippen LogP contribution in [0.4, 0.5) is 0 Å². The van der Waals surface area contributed by atoms with Crippen LogP contribution in [0.3, 0.4) is 0 Å². The monoisotopic (exact) mass is 384 g/mol. The lowest BCUT2D eigenvalue weighted by Gasteiger charge is -2.47. The number of ether oxygens (including phenoxy) is 1. The normalized spacial score (nSPS) is 26.5. The molecule has 2 N–H and O–H groups in total. The molecule has 1 aliphatic carbocycles. The van der Waals surface area contributed by atoms with Crippen LogP contribution in [0.5, 0.6) is 0 Å². The van der Waals surface area contributed by atoms with Crippen LogP contribution in [0.25, 0.3) is 0 Å².